The minimum Gasteiger partial charge on any atom is -0.499 e. The summed E-state index contributed by atoms with van der Waals surface area (Å²) in [4.78, 5) is 22.6. The number of halogens is 3. The van der Waals surface area contributed by atoms with Crippen molar-refractivity contribution in [3.63, 3.8) is 0 Å². The van der Waals surface area contributed by atoms with E-state index in [0.717, 1.165) is 12.5 Å². The molecule has 2 aromatic rings. The van der Waals surface area contributed by atoms with E-state index < -0.39 is 27.2 Å². The Morgan fingerprint density at radius 3 is 2.37 bits per heavy atom. The summed E-state index contributed by atoms with van der Waals surface area (Å²) in [6.07, 6.45) is 0.436. The summed E-state index contributed by atoms with van der Waals surface area (Å²) in [5.74, 6) is -2.31. The van der Waals surface area contributed by atoms with Crippen molar-refractivity contribution in [2.24, 2.45) is 0 Å². The molecule has 1 unspecified atom stereocenters. The maximum atomic E-state index is 13.1. The Labute approximate surface area is 182 Å². The highest BCUT2D eigenvalue weighted by atomic mass is 35.5. The molecule has 0 bridgehead atoms. The van der Waals surface area contributed by atoms with E-state index in [1.54, 1.807) is 12.1 Å². The van der Waals surface area contributed by atoms with Gasteiger partial charge in [-0.15, -0.1) is 11.6 Å². The van der Waals surface area contributed by atoms with Crippen LogP contribution in [0.5, 0.6) is 17.2 Å². The molecule has 2 aromatic carbocycles. The number of phenolic OH excluding ortho intramolecular Hbond substituents is 1. The van der Waals surface area contributed by atoms with Gasteiger partial charge in [0.25, 0.3) is 0 Å². The maximum Gasteiger partial charge on any atom is 0.334 e. The predicted molar refractivity (Wildman–Crippen MR) is 111 cm³/mol. The number of carbonyl (C=O) groups is 1. The van der Waals surface area contributed by atoms with E-state index in [9.17, 15) is 24.4 Å². The van der Waals surface area contributed by atoms with Crippen LogP contribution in [0.1, 0.15) is 42.1 Å². The fourth-order valence-corrected chi connectivity index (χ4v) is 3.29. The van der Waals surface area contributed by atoms with Crippen LogP contribution in [0.25, 0.3) is 0 Å². The van der Waals surface area contributed by atoms with Gasteiger partial charge < -0.3 is 14.6 Å². The predicted octanol–water partition coefficient (Wildman–Crippen LogP) is 5.49. The molecule has 10 heteroatoms. The maximum absolute atomic E-state index is 13.1. The van der Waals surface area contributed by atoms with Gasteiger partial charge in [-0.25, -0.2) is 4.39 Å². The van der Waals surface area contributed by atoms with Crippen LogP contribution >= 0.6 is 23.2 Å². The van der Waals surface area contributed by atoms with Crippen molar-refractivity contribution >= 4 is 34.7 Å². The third kappa shape index (κ3) is 5.31. The van der Waals surface area contributed by atoms with Gasteiger partial charge in [-0.3, -0.25) is 14.9 Å². The van der Waals surface area contributed by atoms with E-state index >= 15 is 0 Å². The Morgan fingerprint density at radius 1 is 1.23 bits per heavy atom. The molecule has 1 N–H and O–H groups in total. The van der Waals surface area contributed by atoms with Gasteiger partial charge in [-0.2, -0.15) is 0 Å². The van der Waals surface area contributed by atoms with E-state index in [1.165, 1.54) is 12.1 Å². The molecule has 0 saturated heterocycles. The zero-order valence-electron chi connectivity index (χ0n) is 16.3. The molecule has 0 amide bonds. The molecule has 0 spiro atoms. The number of rotatable bonds is 10. The number of Topliss-reactive ketones (excluding diaryl/α,β-unsaturated/α-hetero) is 1. The summed E-state index contributed by atoms with van der Waals surface area (Å²) in [5.41, 5.74) is -0.246. The summed E-state index contributed by atoms with van der Waals surface area (Å²) >= 11 is 11.7. The first kappa shape index (κ1) is 23.7. The van der Waals surface area contributed by atoms with Crippen molar-refractivity contribution in [1.29, 1.82) is 0 Å². The molecular formula is C20H20Cl2FNO6. The van der Waals surface area contributed by atoms with Crippen molar-refractivity contribution in [2.45, 2.75) is 26.2 Å². The highest BCUT2D eigenvalue weighted by Gasteiger charge is 2.34. The molecule has 1 atom stereocenters. The standard InChI is InChI=1S/C20H20Cl2FNO6/c1-11(13-3-5-14(23)6-4-13)7-9-29-20-18(26)17(24(27)28)16(22)15(12(2)25)19(20)30-10-8-21/h3-6,11,26H,7-10H2,1-2H3. The topological polar surface area (TPSA) is 98.9 Å². The van der Waals surface area contributed by atoms with Gasteiger partial charge in [0.15, 0.2) is 11.5 Å². The number of ether oxygens (including phenoxy) is 2. The first-order valence-electron chi connectivity index (χ1n) is 8.99. The molecule has 0 fully saturated rings. The Balaban J connectivity index is 2.37. The van der Waals surface area contributed by atoms with Crippen LogP contribution in [0.3, 0.4) is 0 Å². The van der Waals surface area contributed by atoms with Crippen molar-refractivity contribution in [3.8, 4) is 17.2 Å². The summed E-state index contributed by atoms with van der Waals surface area (Å²) in [5, 5.41) is 21.3. The smallest absolute Gasteiger partial charge is 0.334 e. The van der Waals surface area contributed by atoms with E-state index in [-0.39, 0.29) is 47.9 Å². The number of nitro groups is 1. The molecule has 0 radical (unpaired) electrons. The zero-order valence-corrected chi connectivity index (χ0v) is 17.8. The number of alkyl halides is 1. The summed E-state index contributed by atoms with van der Waals surface area (Å²) < 4.78 is 24.1. The van der Waals surface area contributed by atoms with Crippen molar-refractivity contribution in [3.05, 3.63) is 56.3 Å². The van der Waals surface area contributed by atoms with Crippen LogP contribution in [0.2, 0.25) is 5.02 Å². The van der Waals surface area contributed by atoms with Crippen molar-refractivity contribution in [2.75, 3.05) is 19.1 Å². The Morgan fingerprint density at radius 2 is 1.83 bits per heavy atom. The first-order valence-corrected chi connectivity index (χ1v) is 9.91. The lowest BCUT2D eigenvalue weighted by Crippen LogP contribution is -2.11. The number of ketones is 1. The number of carbonyl (C=O) groups excluding carboxylic acids is 1. The molecule has 162 valence electrons. The number of nitrogens with zero attached hydrogens (tertiary/aromatic N) is 1. The minimum absolute atomic E-state index is 0.0273. The number of nitro benzene ring substituents is 1. The number of hydrogen-bond acceptors (Lipinski definition) is 6. The van der Waals surface area contributed by atoms with Gasteiger partial charge in [-0.1, -0.05) is 30.7 Å². The first-order chi connectivity index (χ1) is 14.2. The molecular weight excluding hydrogens is 440 g/mol. The summed E-state index contributed by atoms with van der Waals surface area (Å²) in [6, 6.07) is 5.98. The normalized spacial score (nSPS) is 11.8. The van der Waals surface area contributed by atoms with E-state index in [0.29, 0.717) is 6.42 Å². The molecule has 0 aromatic heterocycles. The van der Waals surface area contributed by atoms with Gasteiger partial charge in [0.05, 0.1) is 23.0 Å². The van der Waals surface area contributed by atoms with Crippen LogP contribution < -0.4 is 9.47 Å². The van der Waals surface area contributed by atoms with Crippen LogP contribution in [-0.2, 0) is 0 Å². The van der Waals surface area contributed by atoms with Crippen LogP contribution in [0.4, 0.5) is 10.1 Å². The Kier molecular flexibility index (Phi) is 8.25. The van der Waals surface area contributed by atoms with Crippen LogP contribution in [-0.4, -0.2) is 34.9 Å². The molecule has 0 aliphatic heterocycles. The van der Waals surface area contributed by atoms with Gasteiger partial charge >= 0.3 is 5.69 Å². The van der Waals surface area contributed by atoms with Crippen LogP contribution in [0.15, 0.2) is 24.3 Å². The fourth-order valence-electron chi connectivity index (χ4n) is 2.84. The molecule has 0 aliphatic carbocycles. The van der Waals surface area contributed by atoms with Gasteiger partial charge in [0, 0.05) is 0 Å². The molecule has 0 saturated carbocycles. The number of aromatic hydroxyl groups is 1. The average molecular weight is 460 g/mol. The Hall–Kier alpha value is -2.58. The monoisotopic (exact) mass is 459 g/mol. The number of hydrogen-bond donors (Lipinski definition) is 1. The zero-order chi connectivity index (χ0) is 22.4. The average Bonchev–Trinajstić information content (AvgIpc) is 2.67. The van der Waals surface area contributed by atoms with Gasteiger partial charge in [-0.05, 0) is 37.0 Å². The lowest BCUT2D eigenvalue weighted by Gasteiger charge is -2.19. The lowest BCUT2D eigenvalue weighted by molar-refractivity contribution is -0.385. The molecule has 30 heavy (non-hydrogen) atoms. The third-order valence-corrected chi connectivity index (χ3v) is 4.92. The van der Waals surface area contributed by atoms with E-state index in [2.05, 4.69) is 0 Å². The highest BCUT2D eigenvalue weighted by Crippen LogP contribution is 2.51. The van der Waals surface area contributed by atoms with Gasteiger partial charge in [0.2, 0.25) is 11.5 Å². The number of phenols is 1. The second-order valence-corrected chi connectivity index (χ2v) is 7.24. The third-order valence-electron chi connectivity index (χ3n) is 4.39. The molecule has 0 heterocycles. The molecule has 7 nitrogen and oxygen atoms in total. The Bertz CT molecular complexity index is 936. The summed E-state index contributed by atoms with van der Waals surface area (Å²) in [7, 11) is 0. The number of benzene rings is 2. The minimum atomic E-state index is -0.899. The highest BCUT2D eigenvalue weighted by molar-refractivity contribution is 6.37. The van der Waals surface area contributed by atoms with E-state index in [4.69, 9.17) is 32.7 Å². The fraction of sp³-hybridized carbons (Fsp3) is 0.350. The summed E-state index contributed by atoms with van der Waals surface area (Å²) in [6.45, 7) is 3.04. The van der Waals surface area contributed by atoms with Crippen LogP contribution in [0, 0.1) is 15.9 Å². The molecule has 2 rings (SSSR count). The van der Waals surface area contributed by atoms with Crippen molar-refractivity contribution < 1.29 is 28.7 Å². The molecule has 0 aliphatic rings. The second-order valence-electron chi connectivity index (χ2n) is 6.48. The largest absolute Gasteiger partial charge is 0.499 e. The van der Waals surface area contributed by atoms with E-state index in [1.807, 2.05) is 6.92 Å². The quantitative estimate of drug-likeness (QED) is 0.218. The van der Waals surface area contributed by atoms with Gasteiger partial charge in [0.1, 0.15) is 17.4 Å². The SMILES string of the molecule is CC(=O)c1c(Cl)c([N+](=O)[O-])c(O)c(OCCC(C)c2ccc(F)cc2)c1OCCCl. The van der Waals surface area contributed by atoms with Crippen molar-refractivity contribution in [1.82, 2.24) is 0 Å². The lowest BCUT2D eigenvalue weighted by atomic mass is 9.98. The second kappa shape index (κ2) is 10.4.